The molecule has 0 amide bonds. The van der Waals surface area contributed by atoms with Gasteiger partial charge in [0.15, 0.2) is 12.3 Å². The van der Waals surface area contributed by atoms with Crippen LogP contribution in [0.3, 0.4) is 0 Å². The summed E-state index contributed by atoms with van der Waals surface area (Å²) in [6, 6.07) is 22.8. The molecule has 272 valence electrons. The van der Waals surface area contributed by atoms with Gasteiger partial charge in [0.2, 0.25) is 5.69 Å². The summed E-state index contributed by atoms with van der Waals surface area (Å²) in [4.78, 5) is 5.24. The minimum Gasteiger partial charge on any atom is -0.372 e. The van der Waals surface area contributed by atoms with Crippen LogP contribution in [0.2, 0.25) is 0 Å². The van der Waals surface area contributed by atoms with E-state index < -0.39 is 0 Å². The number of nitrogens with zero attached hydrogens (tertiary/aromatic N) is 3. The van der Waals surface area contributed by atoms with E-state index >= 15 is 0 Å². The number of fused-ring (bicyclic) bond motifs is 1. The van der Waals surface area contributed by atoms with Gasteiger partial charge in [-0.1, -0.05) is 114 Å². The lowest BCUT2D eigenvalue weighted by Crippen LogP contribution is -2.36. The van der Waals surface area contributed by atoms with Gasteiger partial charge in [-0.15, -0.1) is 11.3 Å². The van der Waals surface area contributed by atoms with Crippen LogP contribution in [-0.2, 0) is 5.41 Å². The van der Waals surface area contributed by atoms with Crippen LogP contribution in [0.5, 0.6) is 0 Å². The van der Waals surface area contributed by atoms with Crippen LogP contribution >= 0.6 is 11.3 Å². The second-order valence-electron chi connectivity index (χ2n) is 16.1. The molecular weight excluding hydrogens is 627 g/mol. The Labute approximate surface area is 311 Å². The van der Waals surface area contributed by atoms with Crippen molar-refractivity contribution < 1.29 is 9.06 Å². The molecule has 0 N–H and O–H groups in total. The van der Waals surface area contributed by atoms with Crippen molar-refractivity contribution in [1.82, 2.24) is 0 Å². The van der Waals surface area contributed by atoms with Gasteiger partial charge in [0, 0.05) is 46.2 Å². The first-order valence-electron chi connectivity index (χ1n) is 20.0. The second kappa shape index (κ2) is 20.2. The lowest BCUT2D eigenvalue weighted by molar-refractivity contribution is -0.871. The fraction of sp³-hybridized carbons (Fsp3) is 0.543. The predicted molar refractivity (Wildman–Crippen MR) is 224 cm³/mol. The minimum atomic E-state index is -0.0192. The summed E-state index contributed by atoms with van der Waals surface area (Å²) in [6.45, 7) is 13.9. The van der Waals surface area contributed by atoms with Crippen molar-refractivity contribution in [2.75, 3.05) is 52.2 Å². The van der Waals surface area contributed by atoms with Crippen LogP contribution in [0.4, 0.5) is 11.4 Å². The van der Waals surface area contributed by atoms with E-state index in [-0.39, 0.29) is 5.41 Å². The fourth-order valence-corrected chi connectivity index (χ4v) is 8.12. The number of hydrogen-bond acceptors (Lipinski definition) is 2. The molecule has 4 rings (SSSR count). The largest absolute Gasteiger partial charge is 0.372 e. The van der Waals surface area contributed by atoms with E-state index in [1.165, 1.54) is 128 Å². The van der Waals surface area contributed by atoms with Crippen molar-refractivity contribution in [3.8, 4) is 0 Å². The quantitative estimate of drug-likeness (QED) is 0.0544. The van der Waals surface area contributed by atoms with Gasteiger partial charge >= 0.3 is 0 Å². The van der Waals surface area contributed by atoms with E-state index in [1.54, 1.807) is 0 Å². The van der Waals surface area contributed by atoms with Crippen LogP contribution in [0, 0.1) is 0 Å². The van der Waals surface area contributed by atoms with E-state index in [1.807, 2.05) is 11.3 Å². The number of para-hydroxylation sites is 1. The Morgan fingerprint density at radius 1 is 0.640 bits per heavy atom. The molecule has 0 atom stereocenters. The summed E-state index contributed by atoms with van der Waals surface area (Å²) < 4.78 is 3.57. The number of quaternary nitrogens is 1. The van der Waals surface area contributed by atoms with Gasteiger partial charge in [-0.05, 0) is 68.7 Å². The van der Waals surface area contributed by atoms with Gasteiger partial charge in [-0.3, -0.25) is 0 Å². The van der Waals surface area contributed by atoms with Crippen LogP contribution < -0.4 is 4.90 Å². The van der Waals surface area contributed by atoms with Crippen molar-refractivity contribution in [3.05, 3.63) is 87.6 Å². The first-order chi connectivity index (χ1) is 24.1. The molecule has 2 aromatic carbocycles. The van der Waals surface area contributed by atoms with E-state index in [4.69, 9.17) is 0 Å². The molecular formula is C46H69N3S+2. The zero-order valence-corrected chi connectivity index (χ0v) is 33.7. The number of hydrogen-bond donors (Lipinski definition) is 0. The molecule has 0 radical (unpaired) electrons. The molecule has 0 spiro atoms. The molecule has 0 saturated carbocycles. The third-order valence-electron chi connectivity index (χ3n) is 10.3. The molecule has 1 aliphatic rings. The van der Waals surface area contributed by atoms with Crippen LogP contribution in [0.15, 0.2) is 66.7 Å². The zero-order valence-electron chi connectivity index (χ0n) is 32.9. The van der Waals surface area contributed by atoms with Crippen molar-refractivity contribution in [2.45, 2.75) is 117 Å². The Kier molecular flexibility index (Phi) is 16.1. The standard InChI is InChI=1S/C46H69N3S/c1-8-10-12-14-16-20-35-47(36-21-17-15-13-11-9-2)40-28-25-39(26-29-40)27-30-41-31-32-42(50-41)33-34-45-46(3,4)43-23-18-19-24-44(43)48(45)37-22-38-49(5,6)7/h18-19,23-34H,8-17,20-22,35-38H2,1-7H3/q+2. The van der Waals surface area contributed by atoms with Crippen LogP contribution in [0.1, 0.15) is 132 Å². The number of unbranched alkanes of at least 4 members (excludes halogenated alkanes) is 10. The number of anilines is 1. The summed E-state index contributed by atoms with van der Waals surface area (Å²) in [5.41, 5.74) is 6.82. The molecule has 1 aromatic heterocycles. The van der Waals surface area contributed by atoms with Crippen LogP contribution in [-0.4, -0.2) is 62.1 Å². The molecule has 4 heteroatoms. The zero-order chi connectivity index (χ0) is 35.8. The maximum Gasteiger partial charge on any atom is 0.209 e. The summed E-state index contributed by atoms with van der Waals surface area (Å²) in [5.74, 6) is 0. The highest BCUT2D eigenvalue weighted by Gasteiger charge is 2.43. The topological polar surface area (TPSA) is 6.25 Å². The predicted octanol–water partition coefficient (Wildman–Crippen LogP) is 12.6. The highest BCUT2D eigenvalue weighted by molar-refractivity contribution is 7.13. The number of rotatable bonds is 23. The Balaban J connectivity index is 1.39. The van der Waals surface area contributed by atoms with E-state index in [9.17, 15) is 0 Å². The molecule has 3 nitrogen and oxygen atoms in total. The smallest absolute Gasteiger partial charge is 0.209 e. The number of thiophene rings is 1. The van der Waals surface area contributed by atoms with E-state index in [0.29, 0.717) is 0 Å². The average molecular weight is 696 g/mol. The summed E-state index contributed by atoms with van der Waals surface area (Å²) in [5, 5.41) is 0. The first-order valence-corrected chi connectivity index (χ1v) is 20.8. The van der Waals surface area contributed by atoms with Gasteiger partial charge < -0.3 is 9.38 Å². The van der Waals surface area contributed by atoms with E-state index in [0.717, 1.165) is 24.0 Å². The maximum atomic E-state index is 2.65. The Hall–Kier alpha value is -2.95. The molecule has 0 saturated heterocycles. The number of benzene rings is 2. The summed E-state index contributed by atoms with van der Waals surface area (Å²) >= 11 is 1.87. The normalized spacial score (nSPS) is 14.4. The Morgan fingerprint density at radius 3 is 1.80 bits per heavy atom. The fourth-order valence-electron chi connectivity index (χ4n) is 7.30. The van der Waals surface area contributed by atoms with Gasteiger partial charge in [0.05, 0.1) is 39.5 Å². The highest BCUT2D eigenvalue weighted by atomic mass is 32.1. The average Bonchev–Trinajstić information content (AvgIpc) is 3.64. The monoisotopic (exact) mass is 696 g/mol. The van der Waals surface area contributed by atoms with Gasteiger partial charge in [0.1, 0.15) is 0 Å². The SMILES string of the molecule is CCCCCCCCN(CCCCCCCC)c1ccc(/C=C/c2ccc(/C=C/C3=[N+](CCC[N+](C)(C)C)c4ccccc4C3(C)C)s2)cc1. The molecule has 0 unspecified atom stereocenters. The van der Waals surface area contributed by atoms with Crippen molar-refractivity contribution in [3.63, 3.8) is 0 Å². The molecule has 1 aliphatic heterocycles. The molecule has 0 aliphatic carbocycles. The molecule has 0 bridgehead atoms. The van der Waals surface area contributed by atoms with Gasteiger partial charge in [-0.2, -0.15) is 4.58 Å². The third kappa shape index (κ3) is 12.4. The van der Waals surface area contributed by atoms with Crippen molar-refractivity contribution >= 4 is 46.7 Å². The highest BCUT2D eigenvalue weighted by Crippen LogP contribution is 2.40. The third-order valence-corrected chi connectivity index (χ3v) is 11.3. The molecule has 2 heterocycles. The second-order valence-corrected chi connectivity index (χ2v) is 17.2. The maximum absolute atomic E-state index is 2.65. The van der Waals surface area contributed by atoms with Crippen molar-refractivity contribution in [2.24, 2.45) is 0 Å². The summed E-state index contributed by atoms with van der Waals surface area (Å²) in [7, 11) is 6.86. The Bertz CT molecular complexity index is 1500. The van der Waals surface area contributed by atoms with E-state index in [2.05, 4.69) is 143 Å². The van der Waals surface area contributed by atoms with Gasteiger partial charge in [-0.25, -0.2) is 0 Å². The lowest BCUT2D eigenvalue weighted by atomic mass is 9.81. The Morgan fingerprint density at radius 2 is 1.20 bits per heavy atom. The molecule has 3 aromatic rings. The number of allylic oxidation sites excluding steroid dienone is 1. The molecule has 0 fully saturated rings. The minimum absolute atomic E-state index is 0.0192. The van der Waals surface area contributed by atoms with Gasteiger partial charge in [0.25, 0.3) is 0 Å². The molecule has 50 heavy (non-hydrogen) atoms. The lowest BCUT2D eigenvalue weighted by Gasteiger charge is -2.25. The first kappa shape index (κ1) is 39.8. The summed E-state index contributed by atoms with van der Waals surface area (Å²) in [6.07, 6.45) is 26.7. The van der Waals surface area contributed by atoms with Crippen molar-refractivity contribution in [1.29, 1.82) is 0 Å². The van der Waals surface area contributed by atoms with Crippen LogP contribution in [0.25, 0.3) is 18.2 Å².